The van der Waals surface area contributed by atoms with Gasteiger partial charge >= 0.3 is 5.97 Å². The predicted molar refractivity (Wildman–Crippen MR) is 75.8 cm³/mol. The van der Waals surface area contributed by atoms with Crippen LogP contribution in [0.3, 0.4) is 0 Å². The smallest absolute Gasteiger partial charge is 0.309 e. The van der Waals surface area contributed by atoms with Gasteiger partial charge in [-0.15, -0.1) is 0 Å². The summed E-state index contributed by atoms with van der Waals surface area (Å²) in [5, 5.41) is 9.36. The normalized spacial score (nSPS) is 18.1. The molecule has 1 N–H and O–H groups in total. The fourth-order valence-electron chi connectivity index (χ4n) is 3.22. The van der Waals surface area contributed by atoms with Crippen LogP contribution in [0.1, 0.15) is 90.4 Å². The summed E-state index contributed by atoms with van der Waals surface area (Å²) in [4.78, 5) is 11.4. The molecule has 0 heterocycles. The molecule has 1 saturated carbocycles. The third-order valence-corrected chi connectivity index (χ3v) is 4.52. The van der Waals surface area contributed by atoms with Gasteiger partial charge in [0.1, 0.15) is 0 Å². The maximum absolute atomic E-state index is 11.4. The summed E-state index contributed by atoms with van der Waals surface area (Å²) in [5.74, 6) is -0.539. The van der Waals surface area contributed by atoms with Crippen molar-refractivity contribution in [3.8, 4) is 0 Å². The molecule has 0 aliphatic heterocycles. The van der Waals surface area contributed by atoms with Gasteiger partial charge in [0.15, 0.2) is 0 Å². The summed E-state index contributed by atoms with van der Waals surface area (Å²) in [7, 11) is 0. The molecule has 0 aromatic rings. The highest BCUT2D eigenvalue weighted by atomic mass is 16.4. The topological polar surface area (TPSA) is 37.3 Å². The molecule has 0 saturated heterocycles. The summed E-state index contributed by atoms with van der Waals surface area (Å²) in [5.41, 5.74) is -0.345. The van der Waals surface area contributed by atoms with E-state index >= 15 is 0 Å². The van der Waals surface area contributed by atoms with Gasteiger partial charge in [-0.05, 0) is 19.3 Å². The van der Waals surface area contributed by atoms with Crippen molar-refractivity contribution < 1.29 is 9.90 Å². The van der Waals surface area contributed by atoms with Crippen LogP contribution in [0.2, 0.25) is 0 Å². The Morgan fingerprint density at radius 2 is 1.44 bits per heavy atom. The molecule has 0 aromatic carbocycles. The second-order valence-corrected chi connectivity index (χ2v) is 6.02. The van der Waals surface area contributed by atoms with Gasteiger partial charge in [0, 0.05) is 0 Å². The van der Waals surface area contributed by atoms with Crippen molar-refractivity contribution in [2.45, 2.75) is 90.4 Å². The number of rotatable bonds is 10. The first-order chi connectivity index (χ1) is 8.71. The van der Waals surface area contributed by atoms with E-state index in [9.17, 15) is 9.90 Å². The van der Waals surface area contributed by atoms with E-state index in [1.807, 2.05) is 0 Å². The van der Waals surface area contributed by atoms with Crippen LogP contribution in [-0.4, -0.2) is 11.1 Å². The molecule has 0 aromatic heterocycles. The molecule has 0 amide bonds. The lowest BCUT2D eigenvalue weighted by molar-refractivity contribution is -0.149. The highest BCUT2D eigenvalue weighted by Crippen LogP contribution is 2.42. The van der Waals surface area contributed by atoms with E-state index in [2.05, 4.69) is 6.92 Å². The van der Waals surface area contributed by atoms with E-state index in [4.69, 9.17) is 0 Å². The van der Waals surface area contributed by atoms with Gasteiger partial charge in [0.05, 0.1) is 5.41 Å². The maximum Gasteiger partial charge on any atom is 0.309 e. The average Bonchev–Trinajstić information content (AvgIpc) is 2.83. The first-order valence-electron chi connectivity index (χ1n) is 7.95. The minimum absolute atomic E-state index is 0.345. The Labute approximate surface area is 112 Å². The molecule has 18 heavy (non-hydrogen) atoms. The van der Waals surface area contributed by atoms with E-state index in [-0.39, 0.29) is 5.41 Å². The van der Waals surface area contributed by atoms with Gasteiger partial charge in [-0.2, -0.15) is 0 Å². The Kier molecular flexibility index (Phi) is 7.38. The third kappa shape index (κ3) is 4.99. The van der Waals surface area contributed by atoms with Gasteiger partial charge < -0.3 is 5.11 Å². The Morgan fingerprint density at radius 1 is 0.944 bits per heavy atom. The molecule has 1 rings (SSSR count). The van der Waals surface area contributed by atoms with Gasteiger partial charge in [-0.25, -0.2) is 0 Å². The Bertz CT molecular complexity index is 229. The molecule has 1 aliphatic rings. The van der Waals surface area contributed by atoms with Crippen LogP contribution in [0.15, 0.2) is 0 Å². The van der Waals surface area contributed by atoms with Gasteiger partial charge in [-0.3, -0.25) is 4.79 Å². The van der Waals surface area contributed by atoms with Crippen LogP contribution >= 0.6 is 0 Å². The number of aliphatic carboxylic acids is 1. The SMILES string of the molecule is CCCCCCCCCCC1(C(=O)O)CCCC1. The second kappa shape index (κ2) is 8.55. The Hall–Kier alpha value is -0.530. The fourth-order valence-corrected chi connectivity index (χ4v) is 3.22. The van der Waals surface area contributed by atoms with Crippen LogP contribution in [0.25, 0.3) is 0 Å². The van der Waals surface area contributed by atoms with E-state index in [0.29, 0.717) is 0 Å². The van der Waals surface area contributed by atoms with Crippen molar-refractivity contribution in [3.63, 3.8) is 0 Å². The molecular weight excluding hydrogens is 224 g/mol. The van der Waals surface area contributed by atoms with Crippen molar-refractivity contribution in [2.24, 2.45) is 5.41 Å². The van der Waals surface area contributed by atoms with Crippen LogP contribution in [0, 0.1) is 5.41 Å². The summed E-state index contributed by atoms with van der Waals surface area (Å²) >= 11 is 0. The Balaban J connectivity index is 2.04. The minimum Gasteiger partial charge on any atom is -0.481 e. The minimum atomic E-state index is -0.539. The fraction of sp³-hybridized carbons (Fsp3) is 0.938. The zero-order chi connectivity index (χ0) is 13.3. The van der Waals surface area contributed by atoms with Crippen LogP contribution < -0.4 is 0 Å². The molecule has 106 valence electrons. The summed E-state index contributed by atoms with van der Waals surface area (Å²) in [6.45, 7) is 2.24. The molecule has 1 fully saturated rings. The average molecular weight is 254 g/mol. The standard InChI is InChI=1S/C16H30O2/c1-2-3-4-5-6-7-8-9-12-16(15(17)18)13-10-11-14-16/h2-14H2,1H3,(H,17,18). The maximum atomic E-state index is 11.4. The van der Waals surface area contributed by atoms with Gasteiger partial charge in [0.25, 0.3) is 0 Å². The molecule has 1 aliphatic carbocycles. The number of unbranched alkanes of at least 4 members (excludes halogenated alkanes) is 7. The van der Waals surface area contributed by atoms with Crippen molar-refractivity contribution in [1.29, 1.82) is 0 Å². The van der Waals surface area contributed by atoms with Crippen molar-refractivity contribution >= 4 is 5.97 Å². The molecule has 0 radical (unpaired) electrons. The highest BCUT2D eigenvalue weighted by Gasteiger charge is 2.40. The molecule has 0 spiro atoms. The molecule has 0 atom stereocenters. The quantitative estimate of drug-likeness (QED) is 0.547. The van der Waals surface area contributed by atoms with E-state index < -0.39 is 5.97 Å². The van der Waals surface area contributed by atoms with Crippen LogP contribution in [0.5, 0.6) is 0 Å². The lowest BCUT2D eigenvalue weighted by Gasteiger charge is -2.23. The summed E-state index contributed by atoms with van der Waals surface area (Å²) in [6.07, 6.45) is 15.3. The third-order valence-electron chi connectivity index (χ3n) is 4.52. The van der Waals surface area contributed by atoms with Gasteiger partial charge in [0.2, 0.25) is 0 Å². The molecule has 2 heteroatoms. The zero-order valence-corrected chi connectivity index (χ0v) is 12.0. The van der Waals surface area contributed by atoms with Crippen molar-refractivity contribution in [3.05, 3.63) is 0 Å². The summed E-state index contributed by atoms with van der Waals surface area (Å²) < 4.78 is 0. The molecule has 0 bridgehead atoms. The second-order valence-electron chi connectivity index (χ2n) is 6.02. The first-order valence-corrected chi connectivity index (χ1v) is 7.95. The van der Waals surface area contributed by atoms with Crippen LogP contribution in [0.4, 0.5) is 0 Å². The molecular formula is C16H30O2. The van der Waals surface area contributed by atoms with E-state index in [1.165, 1.54) is 44.9 Å². The number of carbonyl (C=O) groups is 1. The molecule has 2 nitrogen and oxygen atoms in total. The van der Waals surface area contributed by atoms with Crippen molar-refractivity contribution in [2.75, 3.05) is 0 Å². The first kappa shape index (κ1) is 15.5. The van der Waals surface area contributed by atoms with Crippen molar-refractivity contribution in [1.82, 2.24) is 0 Å². The number of hydrogen-bond acceptors (Lipinski definition) is 1. The molecule has 0 unspecified atom stereocenters. The monoisotopic (exact) mass is 254 g/mol. The van der Waals surface area contributed by atoms with E-state index in [1.54, 1.807) is 0 Å². The zero-order valence-electron chi connectivity index (χ0n) is 12.0. The van der Waals surface area contributed by atoms with Crippen LogP contribution in [-0.2, 0) is 4.79 Å². The lowest BCUT2D eigenvalue weighted by atomic mass is 9.81. The Morgan fingerprint density at radius 3 is 1.94 bits per heavy atom. The van der Waals surface area contributed by atoms with E-state index in [0.717, 1.165) is 38.5 Å². The predicted octanol–water partition coefficient (Wildman–Crippen LogP) is 5.16. The number of carboxylic acid groups (broad SMARTS) is 1. The number of carboxylic acids is 1. The number of hydrogen-bond donors (Lipinski definition) is 1. The lowest BCUT2D eigenvalue weighted by Crippen LogP contribution is -2.27. The highest BCUT2D eigenvalue weighted by molar-refractivity contribution is 5.74. The largest absolute Gasteiger partial charge is 0.481 e. The van der Waals surface area contributed by atoms with Gasteiger partial charge in [-0.1, -0.05) is 71.1 Å². The summed E-state index contributed by atoms with van der Waals surface area (Å²) in [6, 6.07) is 0.